The maximum Gasteiger partial charge on any atom is 0.241 e. The number of tetrazole rings is 1. The predicted octanol–water partition coefficient (Wildman–Crippen LogP) is -0.280. The third kappa shape index (κ3) is 3.70. The lowest BCUT2D eigenvalue weighted by Crippen LogP contribution is -2.40. The van der Waals surface area contributed by atoms with E-state index in [1.54, 1.807) is 7.05 Å². The average Bonchev–Trinajstić information content (AvgIpc) is 3.22. The van der Waals surface area contributed by atoms with E-state index in [1.165, 1.54) is 15.9 Å². The molecule has 2 aromatic rings. The summed E-state index contributed by atoms with van der Waals surface area (Å²) in [6.45, 7) is 0.108. The van der Waals surface area contributed by atoms with E-state index in [9.17, 15) is 13.2 Å². The first-order valence-electron chi connectivity index (χ1n) is 7.48. The standard InChI is InChI=1S/C14H18N6O3S/c1-19(13-6-7-24(22,23)9-13)14(21)8-15-11-2-4-12(5-3-11)20-10-16-17-18-20/h2-5,10,13,15H,6-9H2,1H3. The molecule has 1 aromatic carbocycles. The summed E-state index contributed by atoms with van der Waals surface area (Å²) in [6, 6.07) is 7.08. The number of hydrogen-bond donors (Lipinski definition) is 1. The van der Waals surface area contributed by atoms with Gasteiger partial charge in [0.1, 0.15) is 6.33 Å². The molecule has 128 valence electrons. The van der Waals surface area contributed by atoms with Crippen LogP contribution in [0, 0.1) is 0 Å². The Labute approximate surface area is 139 Å². The van der Waals surface area contributed by atoms with Crippen LogP contribution in [0.5, 0.6) is 0 Å². The number of hydrogen-bond acceptors (Lipinski definition) is 7. The molecule has 10 heteroatoms. The van der Waals surface area contributed by atoms with Crippen LogP contribution in [0.2, 0.25) is 0 Å². The van der Waals surface area contributed by atoms with Gasteiger partial charge in [-0.3, -0.25) is 4.79 Å². The Morgan fingerprint density at radius 1 is 1.38 bits per heavy atom. The zero-order chi connectivity index (χ0) is 17.2. The second kappa shape index (κ2) is 6.56. The van der Waals surface area contributed by atoms with E-state index in [2.05, 4.69) is 20.8 Å². The maximum atomic E-state index is 12.2. The van der Waals surface area contributed by atoms with E-state index in [4.69, 9.17) is 0 Å². The second-order valence-electron chi connectivity index (χ2n) is 5.72. The van der Waals surface area contributed by atoms with Crippen LogP contribution in [0.1, 0.15) is 6.42 Å². The average molecular weight is 350 g/mol. The summed E-state index contributed by atoms with van der Waals surface area (Å²) in [4.78, 5) is 13.7. The number of amides is 1. The number of sulfone groups is 1. The highest BCUT2D eigenvalue weighted by molar-refractivity contribution is 7.91. The Hall–Kier alpha value is -2.49. The minimum atomic E-state index is -3.00. The Bertz CT molecular complexity index is 804. The summed E-state index contributed by atoms with van der Waals surface area (Å²) in [5, 5.41) is 14.0. The number of aromatic nitrogens is 4. The molecular formula is C14H18N6O3S. The van der Waals surface area contributed by atoms with E-state index >= 15 is 0 Å². The van der Waals surface area contributed by atoms with Gasteiger partial charge in [0.25, 0.3) is 0 Å². The zero-order valence-corrected chi connectivity index (χ0v) is 14.0. The van der Waals surface area contributed by atoms with Gasteiger partial charge in [0, 0.05) is 18.8 Å². The molecule has 0 saturated carbocycles. The van der Waals surface area contributed by atoms with Gasteiger partial charge in [-0.25, -0.2) is 13.1 Å². The monoisotopic (exact) mass is 350 g/mol. The lowest BCUT2D eigenvalue weighted by molar-refractivity contribution is -0.129. The summed E-state index contributed by atoms with van der Waals surface area (Å²) in [7, 11) is -1.35. The van der Waals surface area contributed by atoms with Gasteiger partial charge in [-0.1, -0.05) is 0 Å². The molecule has 0 aliphatic carbocycles. The van der Waals surface area contributed by atoms with Crippen LogP contribution in [0.15, 0.2) is 30.6 Å². The van der Waals surface area contributed by atoms with Crippen molar-refractivity contribution in [3.63, 3.8) is 0 Å². The first-order chi connectivity index (χ1) is 11.4. The van der Waals surface area contributed by atoms with Crippen LogP contribution in [0.4, 0.5) is 5.69 Å². The van der Waals surface area contributed by atoms with Crippen molar-refractivity contribution in [2.75, 3.05) is 30.4 Å². The van der Waals surface area contributed by atoms with E-state index in [1.807, 2.05) is 24.3 Å². The number of rotatable bonds is 5. The molecule has 0 radical (unpaired) electrons. The normalized spacial score (nSPS) is 19.1. The second-order valence-corrected chi connectivity index (χ2v) is 7.95. The van der Waals surface area contributed by atoms with Crippen molar-refractivity contribution in [3.05, 3.63) is 30.6 Å². The largest absolute Gasteiger partial charge is 0.376 e. The number of nitrogens with zero attached hydrogens (tertiary/aromatic N) is 5. The van der Waals surface area contributed by atoms with Crippen LogP contribution in [0.3, 0.4) is 0 Å². The van der Waals surface area contributed by atoms with Crippen LogP contribution < -0.4 is 5.32 Å². The number of carbonyl (C=O) groups is 1. The van der Waals surface area contributed by atoms with Crippen LogP contribution in [-0.4, -0.2) is 70.6 Å². The summed E-state index contributed by atoms with van der Waals surface area (Å²) in [6.07, 6.45) is 2.00. The highest BCUT2D eigenvalue weighted by Gasteiger charge is 2.32. The van der Waals surface area contributed by atoms with Crippen molar-refractivity contribution in [3.8, 4) is 5.69 Å². The fourth-order valence-corrected chi connectivity index (χ4v) is 4.37. The topological polar surface area (TPSA) is 110 Å². The Morgan fingerprint density at radius 2 is 2.12 bits per heavy atom. The molecule has 3 rings (SSSR count). The molecule has 2 heterocycles. The van der Waals surface area contributed by atoms with Gasteiger partial charge >= 0.3 is 0 Å². The van der Waals surface area contributed by atoms with Gasteiger partial charge in [0.2, 0.25) is 5.91 Å². The quantitative estimate of drug-likeness (QED) is 0.789. The summed E-state index contributed by atoms with van der Waals surface area (Å²) < 4.78 is 24.5. The number of nitrogens with one attached hydrogen (secondary N) is 1. The van der Waals surface area contributed by atoms with Gasteiger partial charge in [0.05, 0.1) is 23.7 Å². The van der Waals surface area contributed by atoms with Crippen LogP contribution in [0.25, 0.3) is 5.69 Å². The molecule has 1 amide bonds. The zero-order valence-electron chi connectivity index (χ0n) is 13.2. The minimum Gasteiger partial charge on any atom is -0.376 e. The van der Waals surface area contributed by atoms with Crippen molar-refractivity contribution in [2.45, 2.75) is 12.5 Å². The van der Waals surface area contributed by atoms with E-state index in [-0.39, 0.29) is 30.0 Å². The molecule has 24 heavy (non-hydrogen) atoms. The van der Waals surface area contributed by atoms with Crippen molar-refractivity contribution in [1.82, 2.24) is 25.1 Å². The van der Waals surface area contributed by atoms with Crippen molar-refractivity contribution < 1.29 is 13.2 Å². The molecule has 0 bridgehead atoms. The summed E-state index contributed by atoms with van der Waals surface area (Å²) >= 11 is 0. The molecule has 1 unspecified atom stereocenters. The predicted molar refractivity (Wildman–Crippen MR) is 87.5 cm³/mol. The van der Waals surface area contributed by atoms with Gasteiger partial charge in [-0.2, -0.15) is 0 Å². The third-order valence-electron chi connectivity index (χ3n) is 4.07. The molecular weight excluding hydrogens is 332 g/mol. The first kappa shape index (κ1) is 16.4. The van der Waals surface area contributed by atoms with Crippen LogP contribution >= 0.6 is 0 Å². The number of benzene rings is 1. The van der Waals surface area contributed by atoms with Crippen LogP contribution in [-0.2, 0) is 14.6 Å². The number of likely N-dealkylation sites (N-methyl/N-ethyl adjacent to an activating group) is 1. The Morgan fingerprint density at radius 3 is 2.71 bits per heavy atom. The van der Waals surface area contributed by atoms with Gasteiger partial charge in [-0.05, 0) is 41.1 Å². The summed E-state index contributed by atoms with van der Waals surface area (Å²) in [5.41, 5.74) is 1.60. The number of carbonyl (C=O) groups excluding carboxylic acids is 1. The Balaban J connectivity index is 1.54. The van der Waals surface area contributed by atoms with Crippen molar-refractivity contribution in [1.29, 1.82) is 0 Å². The molecule has 9 nitrogen and oxygen atoms in total. The maximum absolute atomic E-state index is 12.2. The molecule has 1 fully saturated rings. The summed E-state index contributed by atoms with van der Waals surface area (Å²) in [5.74, 6) is 0.0682. The lowest BCUT2D eigenvalue weighted by Gasteiger charge is -2.23. The highest BCUT2D eigenvalue weighted by Crippen LogP contribution is 2.17. The van der Waals surface area contributed by atoms with Crippen molar-refractivity contribution >= 4 is 21.4 Å². The highest BCUT2D eigenvalue weighted by atomic mass is 32.2. The third-order valence-corrected chi connectivity index (χ3v) is 5.82. The molecule has 0 spiro atoms. The molecule has 1 atom stereocenters. The molecule has 1 aliphatic rings. The minimum absolute atomic E-state index is 0.0515. The SMILES string of the molecule is CN(C(=O)CNc1ccc(-n2cnnn2)cc1)C1CCS(=O)(=O)C1. The number of anilines is 1. The van der Waals surface area contributed by atoms with Gasteiger partial charge < -0.3 is 10.2 Å². The smallest absolute Gasteiger partial charge is 0.241 e. The van der Waals surface area contributed by atoms with E-state index in [0.717, 1.165) is 11.4 Å². The van der Waals surface area contributed by atoms with Crippen molar-refractivity contribution in [2.24, 2.45) is 0 Å². The molecule has 1 aromatic heterocycles. The van der Waals surface area contributed by atoms with E-state index < -0.39 is 9.84 Å². The fourth-order valence-electron chi connectivity index (χ4n) is 2.60. The molecule has 1 N–H and O–H groups in total. The Kier molecular flexibility index (Phi) is 4.47. The van der Waals surface area contributed by atoms with Gasteiger partial charge in [-0.15, -0.1) is 5.10 Å². The van der Waals surface area contributed by atoms with Gasteiger partial charge in [0.15, 0.2) is 9.84 Å². The molecule has 1 aliphatic heterocycles. The van der Waals surface area contributed by atoms with E-state index in [0.29, 0.717) is 6.42 Å². The first-order valence-corrected chi connectivity index (χ1v) is 9.30. The fraction of sp³-hybridized carbons (Fsp3) is 0.429. The lowest BCUT2D eigenvalue weighted by atomic mass is 10.2. The molecule has 1 saturated heterocycles.